The van der Waals surface area contributed by atoms with Crippen LogP contribution in [0.25, 0.3) is 11.1 Å². The number of nitrogens with zero attached hydrogens (tertiary/aromatic N) is 1. The van der Waals surface area contributed by atoms with Gasteiger partial charge in [-0.1, -0.05) is 58.4 Å². The highest BCUT2D eigenvalue weighted by Crippen LogP contribution is 2.32. The lowest BCUT2D eigenvalue weighted by Crippen LogP contribution is -2.13. The Morgan fingerprint density at radius 1 is 0.920 bits per heavy atom. The van der Waals surface area contributed by atoms with Crippen molar-refractivity contribution < 1.29 is 0 Å². The molecule has 0 atom stereocenters. The van der Waals surface area contributed by atoms with E-state index in [1.807, 2.05) is 29.3 Å². The van der Waals surface area contributed by atoms with Crippen molar-refractivity contribution in [1.29, 1.82) is 5.26 Å². The summed E-state index contributed by atoms with van der Waals surface area (Å²) in [5, 5.41) is 8.89. The van der Waals surface area contributed by atoms with E-state index in [0.29, 0.717) is 5.56 Å². The van der Waals surface area contributed by atoms with Gasteiger partial charge in [0.05, 0.1) is 11.6 Å². The first-order chi connectivity index (χ1) is 12.3. The zero-order valence-electron chi connectivity index (χ0n) is 14.5. The van der Waals surface area contributed by atoms with Crippen LogP contribution in [0.4, 0.5) is 0 Å². The first kappa shape index (κ1) is 18.0. The highest BCUT2D eigenvalue weighted by atomic mass is 79.9. The predicted octanol–water partition coefficient (Wildman–Crippen LogP) is 6.87. The lowest BCUT2D eigenvalue weighted by Gasteiger charge is -2.26. The van der Waals surface area contributed by atoms with Crippen molar-refractivity contribution in [1.82, 2.24) is 0 Å². The maximum Gasteiger partial charge on any atom is 0.0991 e. The molecule has 1 aliphatic rings. The molecule has 1 aliphatic carbocycles. The van der Waals surface area contributed by atoms with Gasteiger partial charge in [-0.3, -0.25) is 0 Å². The summed E-state index contributed by atoms with van der Waals surface area (Å²) in [6, 6.07) is 18.9. The van der Waals surface area contributed by atoms with Gasteiger partial charge in [-0.2, -0.15) is 5.26 Å². The largest absolute Gasteiger partial charge is 0.192 e. The van der Waals surface area contributed by atoms with Gasteiger partial charge < -0.3 is 0 Å². The lowest BCUT2D eigenvalue weighted by atomic mass is 9.79. The molecular weight excluding hydrogens is 370 g/mol. The molecule has 25 heavy (non-hydrogen) atoms. The van der Waals surface area contributed by atoms with Gasteiger partial charge in [0.15, 0.2) is 0 Å². The van der Waals surface area contributed by atoms with Gasteiger partial charge in [0.1, 0.15) is 0 Å². The van der Waals surface area contributed by atoms with Crippen LogP contribution < -0.4 is 0 Å². The van der Waals surface area contributed by atoms with Gasteiger partial charge in [0.25, 0.3) is 0 Å². The Bertz CT molecular complexity index is 729. The predicted molar refractivity (Wildman–Crippen MR) is 108 cm³/mol. The van der Waals surface area contributed by atoms with Crippen molar-refractivity contribution in [2.75, 3.05) is 0 Å². The Labute approximate surface area is 159 Å². The highest BCUT2D eigenvalue weighted by molar-refractivity contribution is 9.11. The van der Waals surface area contributed by atoms with Gasteiger partial charge in [0.2, 0.25) is 0 Å². The third-order valence-electron chi connectivity index (χ3n) is 5.38. The summed E-state index contributed by atoms with van der Waals surface area (Å²) in [6.07, 6.45) is 10.2. The van der Waals surface area contributed by atoms with Crippen LogP contribution in [-0.4, -0.2) is 0 Å². The van der Waals surface area contributed by atoms with Crippen LogP contribution in [0.2, 0.25) is 0 Å². The summed E-state index contributed by atoms with van der Waals surface area (Å²) in [6.45, 7) is 0. The Balaban J connectivity index is 1.52. The molecule has 0 bridgehead atoms. The molecule has 0 unspecified atom stereocenters. The first-order valence-corrected chi connectivity index (χ1v) is 10.1. The molecule has 128 valence electrons. The average molecular weight is 394 g/mol. The van der Waals surface area contributed by atoms with E-state index in [0.717, 1.165) is 11.8 Å². The van der Waals surface area contributed by atoms with Crippen LogP contribution >= 0.6 is 15.9 Å². The van der Waals surface area contributed by atoms with E-state index in [2.05, 4.69) is 52.3 Å². The summed E-state index contributed by atoms with van der Waals surface area (Å²) in [5.41, 5.74) is 4.53. The zero-order valence-corrected chi connectivity index (χ0v) is 16.1. The third-order valence-corrected chi connectivity index (χ3v) is 5.68. The summed E-state index contributed by atoms with van der Waals surface area (Å²) in [7, 11) is 0. The molecule has 2 aromatic carbocycles. The molecule has 0 aromatic heterocycles. The van der Waals surface area contributed by atoms with Gasteiger partial charge >= 0.3 is 0 Å². The third kappa shape index (κ3) is 5.06. The normalized spacial score (nSPS) is 20.5. The van der Waals surface area contributed by atoms with Crippen LogP contribution in [0.1, 0.15) is 43.2 Å². The maximum absolute atomic E-state index is 8.89. The van der Waals surface area contributed by atoms with Crippen molar-refractivity contribution in [2.24, 2.45) is 11.8 Å². The average Bonchev–Trinajstić information content (AvgIpc) is 2.68. The molecule has 1 fully saturated rings. The van der Waals surface area contributed by atoms with Crippen molar-refractivity contribution in [3.05, 3.63) is 70.7 Å². The molecule has 2 aromatic rings. The molecule has 0 heterocycles. The van der Waals surface area contributed by atoms with Crippen LogP contribution in [-0.2, 0) is 6.42 Å². The van der Waals surface area contributed by atoms with Crippen LogP contribution in [0.5, 0.6) is 0 Å². The molecule has 0 N–H and O–H groups in total. The molecule has 0 saturated heterocycles. The standard InChI is InChI=1S/C23H24BrN/c24-16-15-20-5-3-18(4-6-20)1-2-19-7-11-22(12-8-19)23-13-9-21(17-25)10-14-23/h7-16,18,20H,1-6H2/b16-15+/t18-,20-. The molecule has 1 nitrogen and oxygen atoms in total. The Kier molecular flexibility index (Phi) is 6.48. The smallest absolute Gasteiger partial charge is 0.0991 e. The topological polar surface area (TPSA) is 23.8 Å². The van der Waals surface area contributed by atoms with Crippen molar-refractivity contribution >= 4 is 15.9 Å². The Morgan fingerprint density at radius 3 is 2.08 bits per heavy atom. The van der Waals surface area contributed by atoms with Gasteiger partial charge in [0, 0.05) is 0 Å². The molecular formula is C23H24BrN. The minimum atomic E-state index is 0.710. The van der Waals surface area contributed by atoms with Gasteiger partial charge in [-0.15, -0.1) is 0 Å². The number of benzene rings is 2. The Morgan fingerprint density at radius 2 is 1.52 bits per heavy atom. The first-order valence-electron chi connectivity index (χ1n) is 9.15. The highest BCUT2D eigenvalue weighted by Gasteiger charge is 2.19. The number of hydrogen-bond donors (Lipinski definition) is 0. The SMILES string of the molecule is N#Cc1ccc(-c2ccc(CC[C@H]3CC[C@H](/C=C/Br)CC3)cc2)cc1. The number of hydrogen-bond acceptors (Lipinski definition) is 1. The minimum Gasteiger partial charge on any atom is -0.192 e. The van der Waals surface area contributed by atoms with E-state index < -0.39 is 0 Å². The number of aryl methyl sites for hydroxylation is 1. The van der Waals surface area contributed by atoms with E-state index in [1.54, 1.807) is 0 Å². The van der Waals surface area contributed by atoms with Crippen molar-refractivity contribution in [3.8, 4) is 17.2 Å². The summed E-state index contributed by atoms with van der Waals surface area (Å²) in [5.74, 6) is 1.67. The maximum atomic E-state index is 8.89. The summed E-state index contributed by atoms with van der Waals surface area (Å²) < 4.78 is 0. The van der Waals surface area contributed by atoms with E-state index >= 15 is 0 Å². The van der Waals surface area contributed by atoms with Crippen LogP contribution in [0.15, 0.2) is 59.6 Å². The van der Waals surface area contributed by atoms with Gasteiger partial charge in [-0.05, 0) is 84.2 Å². The molecule has 0 aliphatic heterocycles. The second-order valence-electron chi connectivity index (χ2n) is 7.02. The molecule has 0 spiro atoms. The molecule has 0 radical (unpaired) electrons. The van der Waals surface area contributed by atoms with E-state index in [1.165, 1.54) is 55.2 Å². The fourth-order valence-electron chi connectivity index (χ4n) is 3.74. The number of allylic oxidation sites excluding steroid dienone is 1. The zero-order chi connectivity index (χ0) is 17.5. The van der Waals surface area contributed by atoms with E-state index in [4.69, 9.17) is 5.26 Å². The summed E-state index contributed by atoms with van der Waals surface area (Å²) in [4.78, 5) is 2.02. The molecule has 2 heteroatoms. The summed E-state index contributed by atoms with van der Waals surface area (Å²) >= 11 is 3.40. The fraction of sp³-hybridized carbons (Fsp3) is 0.348. The molecule has 0 amide bonds. The fourth-order valence-corrected chi connectivity index (χ4v) is 4.18. The number of halogens is 1. The van der Waals surface area contributed by atoms with Crippen molar-refractivity contribution in [3.63, 3.8) is 0 Å². The van der Waals surface area contributed by atoms with E-state index in [-0.39, 0.29) is 0 Å². The molecule has 1 saturated carbocycles. The minimum absolute atomic E-state index is 0.710. The lowest BCUT2D eigenvalue weighted by molar-refractivity contribution is 0.296. The molecule has 3 rings (SSSR count). The van der Waals surface area contributed by atoms with Crippen molar-refractivity contribution in [2.45, 2.75) is 38.5 Å². The van der Waals surface area contributed by atoms with Crippen LogP contribution in [0, 0.1) is 23.2 Å². The Hall–Kier alpha value is -1.85. The second kappa shape index (κ2) is 9.02. The van der Waals surface area contributed by atoms with E-state index in [9.17, 15) is 0 Å². The number of nitriles is 1. The quantitative estimate of drug-likeness (QED) is 0.543. The number of rotatable bonds is 5. The van der Waals surface area contributed by atoms with Crippen LogP contribution in [0.3, 0.4) is 0 Å². The monoisotopic (exact) mass is 393 g/mol. The second-order valence-corrected chi connectivity index (χ2v) is 7.55. The van der Waals surface area contributed by atoms with Gasteiger partial charge in [-0.25, -0.2) is 0 Å².